The van der Waals surface area contributed by atoms with Crippen molar-refractivity contribution in [2.75, 3.05) is 19.6 Å². The molecule has 62 valence electrons. The van der Waals surface area contributed by atoms with Crippen molar-refractivity contribution < 1.29 is 0 Å². The maximum absolute atomic E-state index is 4.49. The number of hydrogen-bond acceptors (Lipinski definition) is 3. The van der Waals surface area contributed by atoms with Crippen LogP contribution in [0, 0.1) is 5.92 Å². The molecular formula is C8H14N2S. The molecule has 11 heavy (non-hydrogen) atoms. The summed E-state index contributed by atoms with van der Waals surface area (Å²) in [4.78, 5) is 3.91. The molecule has 0 bridgehead atoms. The molecule has 0 aromatic carbocycles. The third-order valence-corrected chi connectivity index (χ3v) is 2.30. The Morgan fingerprint density at radius 1 is 1.45 bits per heavy atom. The molecule has 0 aromatic heterocycles. The maximum Gasteiger partial charge on any atom is 0.0584 e. The second kappa shape index (κ2) is 5.42. The van der Waals surface area contributed by atoms with Gasteiger partial charge in [0.25, 0.3) is 0 Å². The van der Waals surface area contributed by atoms with Gasteiger partial charge < -0.3 is 5.32 Å². The molecule has 1 fully saturated rings. The predicted octanol–water partition coefficient (Wildman–Crippen LogP) is 1.48. The van der Waals surface area contributed by atoms with E-state index >= 15 is 0 Å². The minimum Gasteiger partial charge on any atom is -0.317 e. The predicted molar refractivity (Wildman–Crippen MR) is 50.1 cm³/mol. The van der Waals surface area contributed by atoms with Gasteiger partial charge in [0.15, 0.2) is 0 Å². The molecule has 0 amide bonds. The first kappa shape index (κ1) is 8.85. The van der Waals surface area contributed by atoms with Crippen LogP contribution in [0.3, 0.4) is 0 Å². The number of nitrogens with one attached hydrogen (secondary N) is 1. The van der Waals surface area contributed by atoms with E-state index in [4.69, 9.17) is 0 Å². The Morgan fingerprint density at radius 2 is 2.18 bits per heavy atom. The summed E-state index contributed by atoms with van der Waals surface area (Å²) in [5.74, 6) is 0.864. The van der Waals surface area contributed by atoms with Crippen LogP contribution in [0.15, 0.2) is 4.99 Å². The lowest BCUT2D eigenvalue weighted by Gasteiger charge is -2.21. The fourth-order valence-corrected chi connectivity index (χ4v) is 1.55. The van der Waals surface area contributed by atoms with Crippen LogP contribution in [-0.4, -0.2) is 24.8 Å². The molecule has 0 saturated carbocycles. The Labute approximate surface area is 73.1 Å². The third kappa shape index (κ3) is 3.61. The lowest BCUT2D eigenvalue weighted by Crippen LogP contribution is -2.27. The molecule has 0 unspecified atom stereocenters. The Hall–Kier alpha value is -0.240. The molecule has 3 heteroatoms. The number of rotatable bonds is 3. The van der Waals surface area contributed by atoms with E-state index < -0.39 is 0 Å². The second-order valence-electron chi connectivity index (χ2n) is 2.96. The topological polar surface area (TPSA) is 24.4 Å². The van der Waals surface area contributed by atoms with Gasteiger partial charge in [0.05, 0.1) is 5.16 Å². The Bertz CT molecular complexity index is 146. The summed E-state index contributed by atoms with van der Waals surface area (Å²) in [6, 6.07) is 0. The van der Waals surface area contributed by atoms with Gasteiger partial charge >= 0.3 is 0 Å². The van der Waals surface area contributed by atoms with Gasteiger partial charge in [-0.2, -0.15) is 0 Å². The van der Waals surface area contributed by atoms with E-state index in [0.29, 0.717) is 0 Å². The SMILES string of the molecule is S=C=NCCC1CCNCC1. The average Bonchev–Trinajstić information content (AvgIpc) is 2.07. The van der Waals surface area contributed by atoms with Gasteiger partial charge in [-0.05, 0) is 50.5 Å². The number of nitrogens with zero attached hydrogens (tertiary/aromatic N) is 1. The highest BCUT2D eigenvalue weighted by Crippen LogP contribution is 2.15. The molecule has 1 aliphatic heterocycles. The quantitative estimate of drug-likeness (QED) is 0.512. The molecule has 0 aliphatic carbocycles. The molecule has 0 spiro atoms. The number of piperidine rings is 1. The van der Waals surface area contributed by atoms with Gasteiger partial charge in [0.2, 0.25) is 0 Å². The van der Waals surface area contributed by atoms with Gasteiger partial charge in [0, 0.05) is 6.54 Å². The summed E-state index contributed by atoms with van der Waals surface area (Å²) in [6.45, 7) is 3.21. The van der Waals surface area contributed by atoms with Crippen LogP contribution in [0.5, 0.6) is 0 Å². The largest absolute Gasteiger partial charge is 0.317 e. The lowest BCUT2D eigenvalue weighted by molar-refractivity contribution is 0.358. The first-order valence-corrected chi connectivity index (χ1v) is 4.58. The molecule has 1 rings (SSSR count). The number of thiocarbonyl (C=S) groups is 1. The summed E-state index contributed by atoms with van der Waals surface area (Å²) in [5, 5.41) is 5.74. The zero-order valence-corrected chi connectivity index (χ0v) is 7.49. The highest BCUT2D eigenvalue weighted by Gasteiger charge is 2.11. The smallest absolute Gasteiger partial charge is 0.0584 e. The molecule has 0 radical (unpaired) electrons. The van der Waals surface area contributed by atoms with Crippen LogP contribution in [0.1, 0.15) is 19.3 Å². The Kier molecular flexibility index (Phi) is 4.36. The van der Waals surface area contributed by atoms with Gasteiger partial charge in [-0.1, -0.05) is 0 Å². The van der Waals surface area contributed by atoms with E-state index in [-0.39, 0.29) is 0 Å². The highest BCUT2D eigenvalue weighted by molar-refractivity contribution is 7.78. The summed E-state index contributed by atoms with van der Waals surface area (Å²) >= 11 is 4.49. The van der Waals surface area contributed by atoms with Crippen molar-refractivity contribution >= 4 is 17.4 Å². The molecule has 1 N–H and O–H groups in total. The fourth-order valence-electron chi connectivity index (χ4n) is 1.46. The monoisotopic (exact) mass is 170 g/mol. The minimum absolute atomic E-state index is 0.864. The van der Waals surface area contributed by atoms with Gasteiger partial charge in [0.1, 0.15) is 0 Å². The van der Waals surface area contributed by atoms with Crippen molar-refractivity contribution in [2.45, 2.75) is 19.3 Å². The van der Waals surface area contributed by atoms with Crippen molar-refractivity contribution in [1.82, 2.24) is 5.32 Å². The molecular weight excluding hydrogens is 156 g/mol. The molecule has 1 heterocycles. The highest BCUT2D eigenvalue weighted by atomic mass is 32.1. The van der Waals surface area contributed by atoms with E-state index in [1.807, 2.05) is 0 Å². The van der Waals surface area contributed by atoms with Crippen molar-refractivity contribution in [3.8, 4) is 0 Å². The van der Waals surface area contributed by atoms with E-state index in [1.54, 1.807) is 0 Å². The van der Waals surface area contributed by atoms with E-state index in [9.17, 15) is 0 Å². The fraction of sp³-hybridized carbons (Fsp3) is 0.875. The van der Waals surface area contributed by atoms with Crippen molar-refractivity contribution in [3.05, 3.63) is 0 Å². The number of aliphatic imine (C=N–C) groups is 1. The molecule has 1 saturated heterocycles. The summed E-state index contributed by atoms with van der Waals surface area (Å²) in [5.41, 5.74) is 0. The van der Waals surface area contributed by atoms with Crippen LogP contribution >= 0.6 is 12.2 Å². The van der Waals surface area contributed by atoms with Crippen molar-refractivity contribution in [3.63, 3.8) is 0 Å². The van der Waals surface area contributed by atoms with E-state index in [2.05, 4.69) is 27.7 Å². The Balaban J connectivity index is 2.09. The zero-order chi connectivity index (χ0) is 7.94. The molecule has 0 aromatic rings. The lowest BCUT2D eigenvalue weighted by atomic mass is 9.95. The summed E-state index contributed by atoms with van der Waals surface area (Å²) in [7, 11) is 0. The van der Waals surface area contributed by atoms with Gasteiger partial charge in [-0.15, -0.1) is 0 Å². The number of hydrogen-bond donors (Lipinski definition) is 1. The molecule has 1 aliphatic rings. The number of isothiocyanates is 1. The van der Waals surface area contributed by atoms with Crippen LogP contribution < -0.4 is 5.32 Å². The standard InChI is InChI=1S/C8H14N2S/c11-7-10-6-3-8-1-4-9-5-2-8/h8-9H,1-6H2. The first-order valence-electron chi connectivity index (χ1n) is 4.18. The molecule has 0 atom stereocenters. The second-order valence-corrected chi connectivity index (χ2v) is 3.14. The average molecular weight is 170 g/mol. The Morgan fingerprint density at radius 3 is 2.82 bits per heavy atom. The summed E-state index contributed by atoms with van der Waals surface area (Å²) < 4.78 is 0. The minimum atomic E-state index is 0.864. The first-order chi connectivity index (χ1) is 5.43. The van der Waals surface area contributed by atoms with Gasteiger partial charge in [-0.25, -0.2) is 4.99 Å². The van der Waals surface area contributed by atoms with Gasteiger partial charge in [-0.3, -0.25) is 0 Å². The van der Waals surface area contributed by atoms with Crippen LogP contribution in [-0.2, 0) is 0 Å². The van der Waals surface area contributed by atoms with E-state index in [1.165, 1.54) is 32.4 Å². The van der Waals surface area contributed by atoms with Crippen molar-refractivity contribution in [1.29, 1.82) is 0 Å². The zero-order valence-electron chi connectivity index (χ0n) is 6.68. The molecule has 2 nitrogen and oxygen atoms in total. The summed E-state index contributed by atoms with van der Waals surface area (Å²) in [6.07, 6.45) is 3.78. The normalized spacial score (nSPS) is 19.3. The third-order valence-electron chi connectivity index (χ3n) is 2.17. The van der Waals surface area contributed by atoms with Crippen molar-refractivity contribution in [2.24, 2.45) is 10.9 Å². The van der Waals surface area contributed by atoms with Crippen LogP contribution in [0.4, 0.5) is 0 Å². The maximum atomic E-state index is 4.49. The van der Waals surface area contributed by atoms with E-state index in [0.717, 1.165) is 12.5 Å². The van der Waals surface area contributed by atoms with Crippen LogP contribution in [0.25, 0.3) is 0 Å². The van der Waals surface area contributed by atoms with Crippen LogP contribution in [0.2, 0.25) is 0 Å².